The minimum absolute atomic E-state index is 0.332. The first kappa shape index (κ1) is 18.4. The van der Waals surface area contributed by atoms with Crippen LogP contribution in [0.3, 0.4) is 0 Å². The zero-order valence-electron chi connectivity index (χ0n) is 15.5. The highest BCUT2D eigenvalue weighted by Crippen LogP contribution is 2.26. The molecular weight excluding hydrogens is 326 g/mol. The van der Waals surface area contributed by atoms with Crippen LogP contribution in [0.15, 0.2) is 57.7 Å². The fraction of sp³-hybridized carbons (Fsp3) is 0.318. The molecule has 0 unspecified atom stereocenters. The first-order valence-electron chi connectivity index (χ1n) is 9.07. The summed E-state index contributed by atoms with van der Waals surface area (Å²) in [4.78, 5) is 11.9. The van der Waals surface area contributed by atoms with Crippen LogP contribution >= 0.6 is 0 Å². The van der Waals surface area contributed by atoms with Gasteiger partial charge in [0, 0.05) is 17.0 Å². The molecule has 0 spiro atoms. The normalized spacial score (nSPS) is 12.7. The lowest BCUT2D eigenvalue weighted by atomic mass is 9.95. The fourth-order valence-electron chi connectivity index (χ4n) is 3.39. The Morgan fingerprint density at radius 2 is 1.85 bits per heavy atom. The average Bonchev–Trinajstić information content (AvgIpc) is 2.61. The molecule has 0 saturated carbocycles. The maximum atomic E-state index is 11.9. The molecule has 26 heavy (non-hydrogen) atoms. The van der Waals surface area contributed by atoms with E-state index in [1.54, 1.807) is 6.07 Å². The van der Waals surface area contributed by atoms with Gasteiger partial charge in [-0.25, -0.2) is 4.79 Å². The zero-order chi connectivity index (χ0) is 18.7. The Hall–Kier alpha value is -2.43. The molecular formula is C22H26NO3+. The SMILES string of the molecule is Cc1cc2oc(=O)cc(C[NH2+]C[C@H](O)c3ccccc3)c2cc1C(C)C. The van der Waals surface area contributed by atoms with Crippen molar-refractivity contribution >= 4 is 11.0 Å². The third kappa shape index (κ3) is 4.03. The summed E-state index contributed by atoms with van der Waals surface area (Å²) >= 11 is 0. The van der Waals surface area contributed by atoms with Gasteiger partial charge in [-0.1, -0.05) is 44.2 Å². The van der Waals surface area contributed by atoms with Crippen LogP contribution in [0, 0.1) is 6.92 Å². The Morgan fingerprint density at radius 3 is 2.54 bits per heavy atom. The van der Waals surface area contributed by atoms with Crippen LogP contribution < -0.4 is 10.9 Å². The molecule has 4 heteroatoms. The van der Waals surface area contributed by atoms with E-state index in [1.807, 2.05) is 48.6 Å². The fourth-order valence-corrected chi connectivity index (χ4v) is 3.39. The van der Waals surface area contributed by atoms with Gasteiger partial charge >= 0.3 is 5.63 Å². The summed E-state index contributed by atoms with van der Waals surface area (Å²) in [5, 5.41) is 13.3. The largest absolute Gasteiger partial charge is 0.423 e. The summed E-state index contributed by atoms with van der Waals surface area (Å²) in [6.07, 6.45) is -0.531. The Labute approximate surface area is 153 Å². The van der Waals surface area contributed by atoms with E-state index in [0.717, 1.165) is 22.1 Å². The second kappa shape index (κ2) is 7.85. The number of benzene rings is 2. The second-order valence-corrected chi connectivity index (χ2v) is 7.11. The maximum absolute atomic E-state index is 11.9. The van der Waals surface area contributed by atoms with Crippen LogP contribution in [-0.4, -0.2) is 11.7 Å². The number of rotatable bonds is 6. The monoisotopic (exact) mass is 352 g/mol. The van der Waals surface area contributed by atoms with Gasteiger partial charge < -0.3 is 14.8 Å². The van der Waals surface area contributed by atoms with Gasteiger partial charge in [0.05, 0.1) is 0 Å². The van der Waals surface area contributed by atoms with Crippen molar-refractivity contribution in [2.75, 3.05) is 6.54 Å². The van der Waals surface area contributed by atoms with Crippen LogP contribution in [-0.2, 0) is 6.54 Å². The molecule has 0 aliphatic heterocycles. The molecule has 0 aliphatic carbocycles. The van der Waals surface area contributed by atoms with E-state index in [9.17, 15) is 9.90 Å². The lowest BCUT2D eigenvalue weighted by molar-refractivity contribution is -0.677. The van der Waals surface area contributed by atoms with Crippen LogP contribution in [0.4, 0.5) is 0 Å². The molecule has 0 radical (unpaired) electrons. The summed E-state index contributed by atoms with van der Waals surface area (Å²) in [6, 6.07) is 15.3. The molecule has 1 heterocycles. The van der Waals surface area contributed by atoms with E-state index in [1.165, 1.54) is 5.56 Å². The molecule has 4 nitrogen and oxygen atoms in total. The van der Waals surface area contributed by atoms with Crippen molar-refractivity contribution in [2.24, 2.45) is 0 Å². The van der Waals surface area contributed by atoms with Gasteiger partial charge in [-0.3, -0.25) is 0 Å². The summed E-state index contributed by atoms with van der Waals surface area (Å²) in [5.74, 6) is 0.406. The van der Waals surface area contributed by atoms with Gasteiger partial charge in [-0.15, -0.1) is 0 Å². The molecule has 0 fully saturated rings. The second-order valence-electron chi connectivity index (χ2n) is 7.11. The predicted octanol–water partition coefficient (Wildman–Crippen LogP) is 3.02. The van der Waals surface area contributed by atoms with Gasteiger partial charge in [0.2, 0.25) is 0 Å². The van der Waals surface area contributed by atoms with Crippen LogP contribution in [0.5, 0.6) is 0 Å². The molecule has 2 aromatic carbocycles. The van der Waals surface area contributed by atoms with Crippen molar-refractivity contribution in [3.63, 3.8) is 0 Å². The molecule has 1 atom stereocenters. The Bertz CT molecular complexity index is 945. The van der Waals surface area contributed by atoms with E-state index in [4.69, 9.17) is 4.42 Å². The van der Waals surface area contributed by atoms with Gasteiger partial charge in [0.25, 0.3) is 0 Å². The number of aryl methyl sites for hydroxylation is 1. The quantitative estimate of drug-likeness (QED) is 0.670. The average molecular weight is 352 g/mol. The maximum Gasteiger partial charge on any atom is 0.336 e. The molecule has 3 rings (SSSR count). The van der Waals surface area contributed by atoms with E-state index in [2.05, 4.69) is 19.9 Å². The highest BCUT2D eigenvalue weighted by Gasteiger charge is 2.14. The minimum atomic E-state index is -0.531. The standard InChI is InChI=1S/C22H25NO3/c1-14(2)18-11-19-17(10-22(25)26-21(19)9-15(18)3)12-23-13-20(24)16-7-5-4-6-8-16/h4-11,14,20,23-24H,12-13H2,1-3H3/p+1/t20-/m0/s1. The number of quaternary nitrogens is 1. The van der Waals surface area contributed by atoms with E-state index in [0.29, 0.717) is 24.6 Å². The van der Waals surface area contributed by atoms with Gasteiger partial charge in [0.1, 0.15) is 24.8 Å². The molecule has 1 aromatic heterocycles. The number of aliphatic hydroxyl groups excluding tert-OH is 1. The van der Waals surface area contributed by atoms with E-state index >= 15 is 0 Å². The third-order valence-corrected chi connectivity index (χ3v) is 4.78. The van der Waals surface area contributed by atoms with Crippen LogP contribution in [0.1, 0.15) is 48.1 Å². The molecule has 0 bridgehead atoms. The van der Waals surface area contributed by atoms with Gasteiger partial charge in [-0.2, -0.15) is 0 Å². The molecule has 3 N–H and O–H groups in total. The van der Waals surface area contributed by atoms with Crippen molar-refractivity contribution in [1.29, 1.82) is 0 Å². The minimum Gasteiger partial charge on any atom is -0.423 e. The first-order chi connectivity index (χ1) is 12.5. The summed E-state index contributed by atoms with van der Waals surface area (Å²) < 4.78 is 5.40. The number of nitrogens with two attached hydrogens (primary N) is 1. The highest BCUT2D eigenvalue weighted by molar-refractivity contribution is 5.82. The number of fused-ring (bicyclic) bond motifs is 1. The smallest absolute Gasteiger partial charge is 0.336 e. The van der Waals surface area contributed by atoms with Crippen molar-refractivity contribution in [3.8, 4) is 0 Å². The summed E-state index contributed by atoms with van der Waals surface area (Å²) in [5.41, 5.74) is 4.54. The Balaban J connectivity index is 1.83. The van der Waals surface area contributed by atoms with Crippen LogP contribution in [0.2, 0.25) is 0 Å². The predicted molar refractivity (Wildman–Crippen MR) is 103 cm³/mol. The van der Waals surface area contributed by atoms with Gasteiger partial charge in [-0.05, 0) is 41.7 Å². The van der Waals surface area contributed by atoms with E-state index < -0.39 is 6.10 Å². The topological polar surface area (TPSA) is 67.0 Å². The zero-order valence-corrected chi connectivity index (χ0v) is 15.5. The highest BCUT2D eigenvalue weighted by atomic mass is 16.4. The molecule has 136 valence electrons. The molecule has 3 aromatic rings. The Kier molecular flexibility index (Phi) is 5.55. The van der Waals surface area contributed by atoms with Crippen molar-refractivity contribution < 1.29 is 14.8 Å². The molecule has 0 saturated heterocycles. The van der Waals surface area contributed by atoms with Crippen molar-refractivity contribution in [1.82, 2.24) is 0 Å². The summed E-state index contributed by atoms with van der Waals surface area (Å²) in [6.45, 7) is 7.52. The van der Waals surface area contributed by atoms with E-state index in [-0.39, 0.29) is 5.63 Å². The number of hydrogen-bond acceptors (Lipinski definition) is 3. The third-order valence-electron chi connectivity index (χ3n) is 4.78. The lowest BCUT2D eigenvalue weighted by Crippen LogP contribution is -2.83. The lowest BCUT2D eigenvalue weighted by Gasteiger charge is -2.13. The first-order valence-corrected chi connectivity index (χ1v) is 9.07. The van der Waals surface area contributed by atoms with Gasteiger partial charge in [0.15, 0.2) is 0 Å². The summed E-state index contributed by atoms with van der Waals surface area (Å²) in [7, 11) is 0. The van der Waals surface area contributed by atoms with Crippen molar-refractivity contribution in [3.05, 3.63) is 81.2 Å². The molecule has 0 amide bonds. The Morgan fingerprint density at radius 1 is 1.12 bits per heavy atom. The number of aliphatic hydroxyl groups is 1. The number of hydrogen-bond donors (Lipinski definition) is 2. The van der Waals surface area contributed by atoms with Crippen LogP contribution in [0.25, 0.3) is 11.0 Å². The van der Waals surface area contributed by atoms with Crippen molar-refractivity contribution in [2.45, 2.75) is 39.3 Å². The molecule has 0 aliphatic rings.